The Morgan fingerprint density at radius 3 is 2.29 bits per heavy atom. The van der Waals surface area contributed by atoms with E-state index < -0.39 is 11.8 Å². The second-order valence-corrected chi connectivity index (χ2v) is 6.33. The number of anilines is 1. The van der Waals surface area contributed by atoms with Crippen LogP contribution in [0.1, 0.15) is 5.56 Å². The second-order valence-electron chi connectivity index (χ2n) is 5.03. The van der Waals surface area contributed by atoms with E-state index in [0.717, 1.165) is 4.47 Å². The van der Waals surface area contributed by atoms with Gasteiger partial charge in [0.2, 0.25) is 0 Å². The minimum Gasteiger partial charge on any atom is -0.508 e. The Morgan fingerprint density at radius 2 is 1.67 bits per heavy atom. The SMILES string of the molecule is O=C1NC(=S)N(c2ccc(Br)cc2)C(=O)C1=Cc1ccc(O)cc1. The summed E-state index contributed by atoms with van der Waals surface area (Å²) in [5.41, 5.74) is 1.15. The van der Waals surface area contributed by atoms with Crippen molar-refractivity contribution in [3.8, 4) is 5.75 Å². The minimum absolute atomic E-state index is 0.0304. The molecule has 5 nitrogen and oxygen atoms in total. The number of carbonyl (C=O) groups is 2. The molecule has 0 unspecified atom stereocenters. The molecule has 1 aliphatic rings. The second kappa shape index (κ2) is 6.54. The number of phenolic OH excluding ortho intramolecular Hbond substituents is 1. The molecule has 2 amide bonds. The Balaban J connectivity index is 1.99. The lowest BCUT2D eigenvalue weighted by atomic mass is 10.1. The fourth-order valence-corrected chi connectivity index (χ4v) is 2.76. The average molecular weight is 403 g/mol. The lowest BCUT2D eigenvalue weighted by Crippen LogP contribution is -2.54. The maximum Gasteiger partial charge on any atom is 0.270 e. The van der Waals surface area contributed by atoms with Crippen molar-refractivity contribution in [2.24, 2.45) is 0 Å². The molecule has 1 saturated heterocycles. The van der Waals surface area contributed by atoms with Crippen LogP contribution in [0.2, 0.25) is 0 Å². The number of halogens is 1. The van der Waals surface area contributed by atoms with Crippen LogP contribution >= 0.6 is 28.1 Å². The normalized spacial score (nSPS) is 16.5. The highest BCUT2D eigenvalue weighted by molar-refractivity contribution is 9.10. The van der Waals surface area contributed by atoms with E-state index in [9.17, 15) is 14.7 Å². The first-order valence-electron chi connectivity index (χ1n) is 6.92. The van der Waals surface area contributed by atoms with Crippen molar-refractivity contribution in [2.75, 3.05) is 4.90 Å². The van der Waals surface area contributed by atoms with Gasteiger partial charge >= 0.3 is 0 Å². The first-order valence-corrected chi connectivity index (χ1v) is 8.12. The van der Waals surface area contributed by atoms with E-state index in [1.165, 1.54) is 23.1 Å². The number of thiocarbonyl (C=S) groups is 1. The summed E-state index contributed by atoms with van der Waals surface area (Å²) in [6, 6.07) is 13.2. The van der Waals surface area contributed by atoms with Crippen LogP contribution in [0.4, 0.5) is 5.69 Å². The predicted molar refractivity (Wildman–Crippen MR) is 98.5 cm³/mol. The molecule has 2 N–H and O–H groups in total. The van der Waals surface area contributed by atoms with Gasteiger partial charge < -0.3 is 5.11 Å². The molecule has 0 aliphatic carbocycles. The van der Waals surface area contributed by atoms with Crippen LogP contribution in [0, 0.1) is 0 Å². The molecular formula is C17H11BrN2O3S. The summed E-state index contributed by atoms with van der Waals surface area (Å²) in [7, 11) is 0. The monoisotopic (exact) mass is 402 g/mol. The Kier molecular flexibility index (Phi) is 4.46. The van der Waals surface area contributed by atoms with E-state index in [1.807, 2.05) is 0 Å². The van der Waals surface area contributed by atoms with Gasteiger partial charge in [0, 0.05) is 4.47 Å². The number of hydrogen-bond acceptors (Lipinski definition) is 4. The fourth-order valence-electron chi connectivity index (χ4n) is 2.22. The number of benzene rings is 2. The molecule has 3 rings (SSSR count). The fraction of sp³-hybridized carbons (Fsp3) is 0. The minimum atomic E-state index is -0.550. The van der Waals surface area contributed by atoms with Gasteiger partial charge in [-0.1, -0.05) is 28.1 Å². The Labute approximate surface area is 151 Å². The molecule has 0 spiro atoms. The zero-order chi connectivity index (χ0) is 17.3. The Hall–Kier alpha value is -2.51. The number of hydrogen-bond donors (Lipinski definition) is 2. The van der Waals surface area contributed by atoms with Gasteiger partial charge in [-0.05, 0) is 60.3 Å². The van der Waals surface area contributed by atoms with Crippen molar-refractivity contribution < 1.29 is 14.7 Å². The number of amides is 2. The lowest BCUT2D eigenvalue weighted by Gasteiger charge is -2.28. The summed E-state index contributed by atoms with van der Waals surface area (Å²) in [5.74, 6) is -0.945. The molecular weight excluding hydrogens is 392 g/mol. The van der Waals surface area contributed by atoms with E-state index in [4.69, 9.17) is 12.2 Å². The Morgan fingerprint density at radius 1 is 1.04 bits per heavy atom. The molecule has 0 saturated carbocycles. The summed E-state index contributed by atoms with van der Waals surface area (Å²) >= 11 is 8.47. The summed E-state index contributed by atoms with van der Waals surface area (Å²) < 4.78 is 0.866. The number of rotatable bonds is 2. The highest BCUT2D eigenvalue weighted by Gasteiger charge is 2.34. The molecule has 1 aliphatic heterocycles. The summed E-state index contributed by atoms with van der Waals surface area (Å²) in [5, 5.41) is 11.9. The molecule has 2 aromatic carbocycles. The topological polar surface area (TPSA) is 69.6 Å². The van der Waals surface area contributed by atoms with Gasteiger partial charge in [-0.3, -0.25) is 19.8 Å². The first kappa shape index (κ1) is 16.4. The van der Waals surface area contributed by atoms with E-state index >= 15 is 0 Å². The molecule has 0 radical (unpaired) electrons. The third-order valence-electron chi connectivity index (χ3n) is 3.39. The quantitative estimate of drug-likeness (QED) is 0.460. The van der Waals surface area contributed by atoms with Crippen LogP contribution in [-0.4, -0.2) is 22.0 Å². The zero-order valence-corrected chi connectivity index (χ0v) is 14.6. The predicted octanol–water partition coefficient (Wildman–Crippen LogP) is 2.99. The van der Waals surface area contributed by atoms with Gasteiger partial charge in [0.05, 0.1) is 5.69 Å². The molecule has 0 aromatic heterocycles. The number of nitrogens with one attached hydrogen (secondary N) is 1. The largest absolute Gasteiger partial charge is 0.508 e. The number of carbonyl (C=O) groups excluding carboxylic acids is 2. The van der Waals surface area contributed by atoms with E-state index in [0.29, 0.717) is 11.3 Å². The smallest absolute Gasteiger partial charge is 0.270 e. The molecule has 0 atom stereocenters. The van der Waals surface area contributed by atoms with Crippen molar-refractivity contribution in [1.29, 1.82) is 0 Å². The molecule has 1 heterocycles. The van der Waals surface area contributed by atoms with Crippen molar-refractivity contribution >= 4 is 56.8 Å². The first-order chi connectivity index (χ1) is 11.5. The van der Waals surface area contributed by atoms with Gasteiger partial charge in [0.15, 0.2) is 5.11 Å². The van der Waals surface area contributed by atoms with Crippen LogP contribution in [0.15, 0.2) is 58.6 Å². The van der Waals surface area contributed by atoms with Crippen LogP contribution in [0.3, 0.4) is 0 Å². The van der Waals surface area contributed by atoms with E-state index in [2.05, 4.69) is 21.2 Å². The Bertz CT molecular complexity index is 860. The molecule has 2 aromatic rings. The summed E-state index contributed by atoms with van der Waals surface area (Å²) in [6.45, 7) is 0. The van der Waals surface area contributed by atoms with Gasteiger partial charge in [0.1, 0.15) is 11.3 Å². The third kappa shape index (κ3) is 3.22. The van der Waals surface area contributed by atoms with E-state index in [1.54, 1.807) is 36.4 Å². The van der Waals surface area contributed by atoms with E-state index in [-0.39, 0.29) is 16.4 Å². The van der Waals surface area contributed by atoms with Crippen molar-refractivity contribution in [1.82, 2.24) is 5.32 Å². The summed E-state index contributed by atoms with van der Waals surface area (Å²) in [4.78, 5) is 26.2. The number of phenols is 1. The maximum atomic E-state index is 12.8. The number of aromatic hydroxyl groups is 1. The molecule has 24 heavy (non-hydrogen) atoms. The summed E-state index contributed by atoms with van der Waals surface area (Å²) in [6.07, 6.45) is 1.46. The zero-order valence-electron chi connectivity index (χ0n) is 12.2. The van der Waals surface area contributed by atoms with Crippen LogP contribution < -0.4 is 10.2 Å². The van der Waals surface area contributed by atoms with Crippen LogP contribution in [-0.2, 0) is 9.59 Å². The van der Waals surface area contributed by atoms with Gasteiger partial charge in [0.25, 0.3) is 11.8 Å². The lowest BCUT2D eigenvalue weighted by molar-refractivity contribution is -0.122. The highest BCUT2D eigenvalue weighted by atomic mass is 79.9. The third-order valence-corrected chi connectivity index (χ3v) is 4.20. The molecule has 120 valence electrons. The average Bonchev–Trinajstić information content (AvgIpc) is 2.55. The van der Waals surface area contributed by atoms with Crippen molar-refractivity contribution in [3.63, 3.8) is 0 Å². The maximum absolute atomic E-state index is 12.8. The van der Waals surface area contributed by atoms with Crippen molar-refractivity contribution in [2.45, 2.75) is 0 Å². The molecule has 7 heteroatoms. The van der Waals surface area contributed by atoms with Gasteiger partial charge in [-0.2, -0.15) is 0 Å². The highest BCUT2D eigenvalue weighted by Crippen LogP contribution is 2.24. The van der Waals surface area contributed by atoms with Gasteiger partial charge in [-0.15, -0.1) is 0 Å². The van der Waals surface area contributed by atoms with Gasteiger partial charge in [-0.25, -0.2) is 0 Å². The van der Waals surface area contributed by atoms with Crippen LogP contribution in [0.25, 0.3) is 6.08 Å². The number of nitrogens with zero attached hydrogens (tertiary/aromatic N) is 1. The molecule has 0 bridgehead atoms. The van der Waals surface area contributed by atoms with Crippen LogP contribution in [0.5, 0.6) is 5.75 Å². The standard InChI is InChI=1S/C17H11BrN2O3S/c18-11-3-5-12(6-4-11)20-16(23)14(15(22)19-17(20)24)9-10-1-7-13(21)8-2-10/h1-9,21H,(H,19,22,24). The molecule has 1 fully saturated rings. The van der Waals surface area contributed by atoms with Crippen molar-refractivity contribution in [3.05, 3.63) is 64.1 Å².